The lowest BCUT2D eigenvalue weighted by Crippen LogP contribution is -1.98. The van der Waals surface area contributed by atoms with E-state index in [0.29, 0.717) is 5.88 Å². The summed E-state index contributed by atoms with van der Waals surface area (Å²) in [5.41, 5.74) is 3.14. The normalized spacial score (nSPS) is 10.4. The van der Waals surface area contributed by atoms with Crippen LogP contribution in [-0.2, 0) is 6.42 Å². The highest BCUT2D eigenvalue weighted by atomic mass is 16.5. The van der Waals surface area contributed by atoms with Gasteiger partial charge in [0.1, 0.15) is 5.82 Å². The molecule has 0 bridgehead atoms. The molecule has 0 aliphatic heterocycles. The van der Waals surface area contributed by atoms with Crippen LogP contribution in [0.1, 0.15) is 24.7 Å². The van der Waals surface area contributed by atoms with E-state index >= 15 is 0 Å². The van der Waals surface area contributed by atoms with Gasteiger partial charge in [-0.3, -0.25) is 0 Å². The number of nitrogens with zero attached hydrogens (tertiary/aromatic N) is 3. The minimum Gasteiger partial charge on any atom is -0.481 e. The third kappa shape index (κ3) is 2.64. The van der Waals surface area contributed by atoms with Crippen molar-refractivity contribution in [2.75, 3.05) is 7.11 Å². The number of hydrogen-bond acceptors (Lipinski definition) is 4. The van der Waals surface area contributed by atoms with Gasteiger partial charge in [-0.2, -0.15) is 0 Å². The summed E-state index contributed by atoms with van der Waals surface area (Å²) in [6.45, 7) is 4.05. The molecule has 0 unspecified atom stereocenters. The van der Waals surface area contributed by atoms with Crippen LogP contribution in [0.25, 0.3) is 11.3 Å². The third-order valence-corrected chi connectivity index (χ3v) is 2.72. The first-order valence-electron chi connectivity index (χ1n) is 6.07. The lowest BCUT2D eigenvalue weighted by Gasteiger charge is -2.08. The van der Waals surface area contributed by atoms with E-state index in [-0.39, 0.29) is 0 Å². The molecular formula is C14H17N3O. The Morgan fingerprint density at radius 1 is 1.17 bits per heavy atom. The topological polar surface area (TPSA) is 47.9 Å². The zero-order valence-corrected chi connectivity index (χ0v) is 11.0. The lowest BCUT2D eigenvalue weighted by atomic mass is 10.1. The first kappa shape index (κ1) is 12.5. The van der Waals surface area contributed by atoms with Gasteiger partial charge < -0.3 is 4.74 Å². The molecule has 2 rings (SSSR count). The lowest BCUT2D eigenvalue weighted by molar-refractivity contribution is 0.398. The van der Waals surface area contributed by atoms with Crippen LogP contribution in [-0.4, -0.2) is 22.1 Å². The second kappa shape index (κ2) is 5.58. The molecule has 0 aliphatic carbocycles. The van der Waals surface area contributed by atoms with Crippen LogP contribution in [0.15, 0.2) is 24.5 Å². The number of ether oxygens (including phenoxy) is 1. The number of rotatable bonds is 4. The molecule has 0 aliphatic rings. The molecule has 0 aromatic carbocycles. The smallest absolute Gasteiger partial charge is 0.212 e. The van der Waals surface area contributed by atoms with Gasteiger partial charge in [-0.15, -0.1) is 0 Å². The molecule has 4 heteroatoms. The van der Waals surface area contributed by atoms with Crippen molar-refractivity contribution in [2.24, 2.45) is 0 Å². The van der Waals surface area contributed by atoms with Gasteiger partial charge in [0.2, 0.25) is 5.88 Å². The van der Waals surface area contributed by atoms with E-state index in [0.717, 1.165) is 35.5 Å². The molecule has 0 fully saturated rings. The molecule has 94 valence electrons. The standard InChI is InChI=1S/C14H17N3O/c1-4-5-11-8-15-10(2)17-14(11)12-6-7-13(18-3)16-9-12/h6-9H,4-5H2,1-3H3. The van der Waals surface area contributed by atoms with E-state index in [1.54, 1.807) is 13.3 Å². The first-order chi connectivity index (χ1) is 8.74. The Balaban J connectivity index is 2.43. The van der Waals surface area contributed by atoms with Crippen molar-refractivity contribution in [1.29, 1.82) is 0 Å². The SMILES string of the molecule is CCCc1cnc(C)nc1-c1ccc(OC)nc1. The van der Waals surface area contributed by atoms with Gasteiger partial charge in [0, 0.05) is 24.0 Å². The Hall–Kier alpha value is -1.97. The van der Waals surface area contributed by atoms with Gasteiger partial charge in [0.15, 0.2) is 0 Å². The number of methoxy groups -OCH3 is 1. The highest BCUT2D eigenvalue weighted by molar-refractivity contribution is 5.62. The van der Waals surface area contributed by atoms with Crippen molar-refractivity contribution < 1.29 is 4.74 Å². The Morgan fingerprint density at radius 2 is 2.00 bits per heavy atom. The second-order valence-electron chi connectivity index (χ2n) is 4.13. The zero-order chi connectivity index (χ0) is 13.0. The molecule has 0 atom stereocenters. The third-order valence-electron chi connectivity index (χ3n) is 2.72. The van der Waals surface area contributed by atoms with Gasteiger partial charge in [-0.25, -0.2) is 15.0 Å². The fourth-order valence-corrected chi connectivity index (χ4v) is 1.84. The maximum Gasteiger partial charge on any atom is 0.212 e. The summed E-state index contributed by atoms with van der Waals surface area (Å²) in [4.78, 5) is 13.0. The summed E-state index contributed by atoms with van der Waals surface area (Å²) < 4.78 is 5.06. The highest BCUT2D eigenvalue weighted by Gasteiger charge is 2.08. The van der Waals surface area contributed by atoms with Gasteiger partial charge in [0.05, 0.1) is 12.8 Å². The van der Waals surface area contributed by atoms with Gasteiger partial charge in [-0.1, -0.05) is 13.3 Å². The molecule has 2 aromatic heterocycles. The monoisotopic (exact) mass is 243 g/mol. The minimum atomic E-state index is 0.613. The number of hydrogen-bond donors (Lipinski definition) is 0. The molecule has 0 saturated carbocycles. The summed E-state index contributed by atoms with van der Waals surface area (Å²) in [6.07, 6.45) is 5.75. The maximum absolute atomic E-state index is 5.06. The van der Waals surface area contributed by atoms with Crippen molar-refractivity contribution in [3.8, 4) is 17.1 Å². The summed E-state index contributed by atoms with van der Waals surface area (Å²) in [5.74, 6) is 1.39. The van der Waals surface area contributed by atoms with E-state index in [1.165, 1.54) is 0 Å². The number of aryl methyl sites for hydroxylation is 2. The predicted octanol–water partition coefficient (Wildman–Crippen LogP) is 2.81. The first-order valence-corrected chi connectivity index (χ1v) is 6.07. The van der Waals surface area contributed by atoms with Crippen molar-refractivity contribution >= 4 is 0 Å². The minimum absolute atomic E-state index is 0.613. The van der Waals surface area contributed by atoms with E-state index in [4.69, 9.17) is 4.74 Å². The second-order valence-corrected chi connectivity index (χ2v) is 4.13. The molecular weight excluding hydrogens is 226 g/mol. The van der Waals surface area contributed by atoms with Crippen LogP contribution >= 0.6 is 0 Å². The summed E-state index contributed by atoms with van der Waals surface area (Å²) >= 11 is 0. The molecule has 2 heterocycles. The van der Waals surface area contributed by atoms with Gasteiger partial charge >= 0.3 is 0 Å². The fraction of sp³-hybridized carbons (Fsp3) is 0.357. The van der Waals surface area contributed by atoms with Crippen molar-refractivity contribution in [2.45, 2.75) is 26.7 Å². The van der Waals surface area contributed by atoms with Crippen LogP contribution in [0.5, 0.6) is 5.88 Å². The predicted molar refractivity (Wildman–Crippen MR) is 70.5 cm³/mol. The number of aromatic nitrogens is 3. The Labute approximate surface area is 107 Å². The summed E-state index contributed by atoms with van der Waals surface area (Å²) in [5, 5.41) is 0. The van der Waals surface area contributed by atoms with Gasteiger partial charge in [0.25, 0.3) is 0 Å². The maximum atomic E-state index is 5.06. The Kier molecular flexibility index (Phi) is 3.87. The Bertz CT molecular complexity index is 523. The molecule has 4 nitrogen and oxygen atoms in total. The van der Waals surface area contributed by atoms with Crippen molar-refractivity contribution in [1.82, 2.24) is 15.0 Å². The van der Waals surface area contributed by atoms with E-state index in [2.05, 4.69) is 21.9 Å². The molecule has 0 radical (unpaired) electrons. The molecule has 0 N–H and O–H groups in total. The summed E-state index contributed by atoms with van der Waals surface area (Å²) in [7, 11) is 1.61. The van der Waals surface area contributed by atoms with Crippen LogP contribution < -0.4 is 4.74 Å². The van der Waals surface area contributed by atoms with Crippen molar-refractivity contribution in [3.05, 3.63) is 35.9 Å². The Morgan fingerprint density at radius 3 is 2.61 bits per heavy atom. The largest absolute Gasteiger partial charge is 0.481 e. The quantitative estimate of drug-likeness (QED) is 0.828. The highest BCUT2D eigenvalue weighted by Crippen LogP contribution is 2.23. The van der Waals surface area contributed by atoms with Crippen LogP contribution in [0.4, 0.5) is 0 Å². The molecule has 0 saturated heterocycles. The van der Waals surface area contributed by atoms with E-state index in [9.17, 15) is 0 Å². The fourth-order valence-electron chi connectivity index (χ4n) is 1.84. The molecule has 18 heavy (non-hydrogen) atoms. The van der Waals surface area contributed by atoms with Crippen LogP contribution in [0.2, 0.25) is 0 Å². The summed E-state index contributed by atoms with van der Waals surface area (Å²) in [6, 6.07) is 3.83. The molecule has 2 aromatic rings. The molecule has 0 amide bonds. The average molecular weight is 243 g/mol. The van der Waals surface area contributed by atoms with Crippen molar-refractivity contribution in [3.63, 3.8) is 0 Å². The molecule has 0 spiro atoms. The zero-order valence-electron chi connectivity index (χ0n) is 11.0. The average Bonchev–Trinajstić information content (AvgIpc) is 2.41. The number of pyridine rings is 1. The van der Waals surface area contributed by atoms with Gasteiger partial charge in [-0.05, 0) is 25.0 Å². The van der Waals surface area contributed by atoms with Crippen LogP contribution in [0, 0.1) is 6.92 Å². The van der Waals surface area contributed by atoms with Crippen LogP contribution in [0.3, 0.4) is 0 Å². The van der Waals surface area contributed by atoms with E-state index < -0.39 is 0 Å². The van der Waals surface area contributed by atoms with E-state index in [1.807, 2.05) is 25.3 Å².